The van der Waals surface area contributed by atoms with Gasteiger partial charge in [-0.2, -0.15) is 0 Å². The topological polar surface area (TPSA) is 86.8 Å². The number of halogens is 2. The third-order valence-corrected chi connectivity index (χ3v) is 7.74. The molecule has 0 unspecified atom stereocenters. The minimum absolute atomic E-state index is 0.0200. The number of nitrogens with one attached hydrogen (secondary N) is 1. The van der Waals surface area contributed by atoms with Crippen molar-refractivity contribution in [2.24, 2.45) is 0 Å². The molecule has 0 saturated carbocycles. The largest absolute Gasteiger partial charge is 0.357 e. The summed E-state index contributed by atoms with van der Waals surface area (Å²) in [7, 11) is -2.31. The Kier molecular flexibility index (Phi) is 9.59. The Hall–Kier alpha value is -3.07. The second-order valence-corrected chi connectivity index (χ2v) is 11.4. The molecule has 0 aromatic heterocycles. The maximum absolute atomic E-state index is 13.8. The van der Waals surface area contributed by atoms with Gasteiger partial charge < -0.3 is 10.2 Å². The molecule has 0 aliphatic carbocycles. The van der Waals surface area contributed by atoms with Crippen molar-refractivity contribution < 1.29 is 18.0 Å². The van der Waals surface area contributed by atoms with Gasteiger partial charge >= 0.3 is 0 Å². The highest BCUT2D eigenvalue weighted by Gasteiger charge is 2.32. The van der Waals surface area contributed by atoms with E-state index >= 15 is 0 Å². The number of hydrogen-bond acceptors (Lipinski definition) is 4. The number of aryl methyl sites for hydroxylation is 1. The second-order valence-electron chi connectivity index (χ2n) is 8.70. The van der Waals surface area contributed by atoms with Crippen LogP contribution in [0.1, 0.15) is 16.7 Å². The van der Waals surface area contributed by atoms with E-state index < -0.39 is 28.5 Å². The minimum atomic E-state index is -3.81. The van der Waals surface area contributed by atoms with Gasteiger partial charge in [0.15, 0.2) is 0 Å². The summed E-state index contributed by atoms with van der Waals surface area (Å²) in [4.78, 5) is 28.3. The summed E-state index contributed by atoms with van der Waals surface area (Å²) in [5, 5.41) is 3.30. The highest BCUT2D eigenvalue weighted by Crippen LogP contribution is 2.25. The number of likely N-dealkylation sites (N-methyl/N-ethyl adjacent to an activating group) is 1. The maximum atomic E-state index is 13.8. The molecule has 37 heavy (non-hydrogen) atoms. The Morgan fingerprint density at radius 2 is 1.57 bits per heavy atom. The zero-order valence-corrected chi connectivity index (χ0v) is 23.1. The standard InChI is InChI=1S/C27H29Cl2N3O4S/c1-19-9-12-22(13-10-19)32(37(3,35)36)18-26(33)31(17-21-11-14-23(28)24(29)15-21)25(27(34)30-2)16-20-7-5-4-6-8-20/h4-15,25H,16-18H2,1-3H3,(H,30,34)/t25-/m1/s1. The predicted molar refractivity (Wildman–Crippen MR) is 148 cm³/mol. The highest BCUT2D eigenvalue weighted by molar-refractivity contribution is 7.92. The molecule has 3 rings (SSSR count). The van der Waals surface area contributed by atoms with Crippen molar-refractivity contribution in [3.8, 4) is 0 Å². The first-order chi connectivity index (χ1) is 17.5. The molecule has 3 aromatic rings. The molecule has 0 heterocycles. The van der Waals surface area contributed by atoms with Crippen molar-refractivity contribution in [3.05, 3.63) is 99.5 Å². The highest BCUT2D eigenvalue weighted by atomic mass is 35.5. The predicted octanol–water partition coefficient (Wildman–Crippen LogP) is 4.45. The molecule has 1 N–H and O–H groups in total. The minimum Gasteiger partial charge on any atom is -0.357 e. The van der Waals surface area contributed by atoms with Crippen LogP contribution in [0.25, 0.3) is 0 Å². The van der Waals surface area contributed by atoms with E-state index in [1.165, 1.54) is 11.9 Å². The first kappa shape index (κ1) is 28.5. The smallest absolute Gasteiger partial charge is 0.244 e. The van der Waals surface area contributed by atoms with Crippen molar-refractivity contribution >= 4 is 50.7 Å². The molecule has 2 amide bonds. The molecule has 0 radical (unpaired) electrons. The number of anilines is 1. The Morgan fingerprint density at radius 1 is 0.919 bits per heavy atom. The van der Waals surface area contributed by atoms with Gasteiger partial charge in [0.05, 0.1) is 22.0 Å². The number of carbonyl (C=O) groups is 2. The van der Waals surface area contributed by atoms with E-state index in [1.54, 1.807) is 42.5 Å². The van der Waals surface area contributed by atoms with Gasteiger partial charge in [-0.25, -0.2) is 8.42 Å². The van der Waals surface area contributed by atoms with Gasteiger partial charge in [-0.3, -0.25) is 13.9 Å². The van der Waals surface area contributed by atoms with Crippen LogP contribution in [0.5, 0.6) is 0 Å². The molecule has 196 valence electrons. The van der Waals surface area contributed by atoms with E-state index in [4.69, 9.17) is 23.2 Å². The van der Waals surface area contributed by atoms with Crippen LogP contribution in [0, 0.1) is 6.92 Å². The van der Waals surface area contributed by atoms with Crippen molar-refractivity contribution in [1.29, 1.82) is 0 Å². The first-order valence-corrected chi connectivity index (χ1v) is 14.1. The zero-order chi connectivity index (χ0) is 27.2. The summed E-state index contributed by atoms with van der Waals surface area (Å²) in [6.07, 6.45) is 1.28. The molecule has 0 saturated heterocycles. The fourth-order valence-electron chi connectivity index (χ4n) is 3.88. The van der Waals surface area contributed by atoms with Gasteiger partial charge in [-0.1, -0.05) is 77.3 Å². The fraction of sp³-hybridized carbons (Fsp3) is 0.259. The molecular formula is C27H29Cl2N3O4S. The summed E-state index contributed by atoms with van der Waals surface area (Å²) in [6, 6.07) is 20.2. The van der Waals surface area contributed by atoms with Gasteiger partial charge in [0.1, 0.15) is 12.6 Å². The van der Waals surface area contributed by atoms with Crippen molar-refractivity contribution in [2.75, 3.05) is 24.2 Å². The molecule has 3 aromatic carbocycles. The maximum Gasteiger partial charge on any atom is 0.244 e. The van der Waals surface area contributed by atoms with Crippen molar-refractivity contribution in [3.63, 3.8) is 0 Å². The fourth-order valence-corrected chi connectivity index (χ4v) is 5.05. The number of benzene rings is 3. The van der Waals surface area contributed by atoms with Crippen LogP contribution in [0.15, 0.2) is 72.8 Å². The van der Waals surface area contributed by atoms with Crippen LogP contribution >= 0.6 is 23.2 Å². The molecule has 0 fully saturated rings. The lowest BCUT2D eigenvalue weighted by Gasteiger charge is -2.33. The van der Waals surface area contributed by atoms with E-state index in [9.17, 15) is 18.0 Å². The van der Waals surface area contributed by atoms with Crippen LogP contribution < -0.4 is 9.62 Å². The number of hydrogen-bond donors (Lipinski definition) is 1. The molecule has 10 heteroatoms. The summed E-state index contributed by atoms with van der Waals surface area (Å²) in [5.41, 5.74) is 2.80. The Morgan fingerprint density at radius 3 is 2.14 bits per heavy atom. The molecule has 7 nitrogen and oxygen atoms in total. The van der Waals surface area contributed by atoms with Crippen LogP contribution in [-0.4, -0.2) is 51.0 Å². The second kappa shape index (κ2) is 12.4. The Bertz CT molecular complexity index is 1350. The third-order valence-electron chi connectivity index (χ3n) is 5.86. The lowest BCUT2D eigenvalue weighted by Crippen LogP contribution is -2.52. The van der Waals surface area contributed by atoms with Crippen molar-refractivity contribution in [2.45, 2.75) is 25.9 Å². The van der Waals surface area contributed by atoms with E-state index in [-0.39, 0.29) is 18.9 Å². The Balaban J connectivity index is 2.03. The lowest BCUT2D eigenvalue weighted by molar-refractivity contribution is -0.139. The zero-order valence-electron chi connectivity index (χ0n) is 20.8. The van der Waals surface area contributed by atoms with Crippen LogP contribution in [0.3, 0.4) is 0 Å². The molecule has 1 atom stereocenters. The van der Waals surface area contributed by atoms with Crippen LogP contribution in [-0.2, 0) is 32.6 Å². The average molecular weight is 563 g/mol. The number of amides is 2. The summed E-state index contributed by atoms with van der Waals surface area (Å²) in [6.45, 7) is 1.42. The summed E-state index contributed by atoms with van der Waals surface area (Å²) in [5.74, 6) is -0.917. The normalized spacial score (nSPS) is 12.0. The van der Waals surface area contributed by atoms with E-state index in [0.717, 1.165) is 21.7 Å². The van der Waals surface area contributed by atoms with Gasteiger partial charge in [-0.15, -0.1) is 0 Å². The van der Waals surface area contributed by atoms with E-state index in [2.05, 4.69) is 5.32 Å². The average Bonchev–Trinajstić information content (AvgIpc) is 2.86. The molecular weight excluding hydrogens is 533 g/mol. The number of sulfonamides is 1. The molecule has 0 spiro atoms. The molecule has 0 aliphatic rings. The van der Waals surface area contributed by atoms with Gasteiger partial charge in [0.25, 0.3) is 0 Å². The summed E-state index contributed by atoms with van der Waals surface area (Å²) < 4.78 is 26.5. The third kappa shape index (κ3) is 7.71. The number of carbonyl (C=O) groups excluding carboxylic acids is 2. The summed E-state index contributed by atoms with van der Waals surface area (Å²) >= 11 is 12.3. The van der Waals surface area contributed by atoms with E-state index in [1.807, 2.05) is 37.3 Å². The molecule has 0 aliphatic heterocycles. The lowest BCUT2D eigenvalue weighted by atomic mass is 10.0. The van der Waals surface area contributed by atoms with Gasteiger partial charge in [0, 0.05) is 20.0 Å². The van der Waals surface area contributed by atoms with Gasteiger partial charge in [0.2, 0.25) is 21.8 Å². The van der Waals surface area contributed by atoms with Crippen molar-refractivity contribution in [1.82, 2.24) is 10.2 Å². The SMILES string of the molecule is CNC(=O)[C@@H](Cc1ccccc1)N(Cc1ccc(Cl)c(Cl)c1)C(=O)CN(c1ccc(C)cc1)S(C)(=O)=O. The number of nitrogens with zero attached hydrogens (tertiary/aromatic N) is 2. The molecule has 0 bridgehead atoms. The van der Waals surface area contributed by atoms with Gasteiger partial charge in [-0.05, 0) is 42.3 Å². The number of rotatable bonds is 10. The first-order valence-electron chi connectivity index (χ1n) is 11.5. The Labute approximate surface area is 228 Å². The van der Waals surface area contributed by atoms with E-state index in [0.29, 0.717) is 21.3 Å². The van der Waals surface area contributed by atoms with Crippen LogP contribution in [0.4, 0.5) is 5.69 Å². The monoisotopic (exact) mass is 561 g/mol. The van der Waals surface area contributed by atoms with Crippen LogP contribution in [0.2, 0.25) is 10.0 Å². The quantitative estimate of drug-likeness (QED) is 0.396.